The molecular weight excluding hydrogens is 286 g/mol. The molecule has 2 N–H and O–H groups in total. The molecule has 1 amide bonds. The van der Waals surface area contributed by atoms with Gasteiger partial charge in [-0.25, -0.2) is 0 Å². The molecule has 0 heterocycles. The third-order valence-corrected chi connectivity index (χ3v) is 4.83. The van der Waals surface area contributed by atoms with E-state index in [2.05, 4.69) is 40.8 Å². The fraction of sp³-hybridized carbons (Fsp3) is 0.737. The summed E-state index contributed by atoms with van der Waals surface area (Å²) < 4.78 is 0. The Morgan fingerprint density at radius 3 is 2.65 bits per heavy atom. The van der Waals surface area contributed by atoms with Crippen molar-refractivity contribution in [2.45, 2.75) is 51.4 Å². The Bertz CT molecular complexity index is 411. The van der Waals surface area contributed by atoms with Gasteiger partial charge in [-0.05, 0) is 57.8 Å². The Morgan fingerprint density at radius 1 is 1.22 bits per heavy atom. The summed E-state index contributed by atoms with van der Waals surface area (Å²) in [4.78, 5) is 14.2. The van der Waals surface area contributed by atoms with Crippen LogP contribution in [-0.2, 0) is 4.79 Å². The zero-order valence-electron chi connectivity index (χ0n) is 14.7. The molecule has 0 unspecified atom stereocenters. The smallest absolute Gasteiger partial charge is 0.220 e. The highest BCUT2D eigenvalue weighted by molar-refractivity contribution is 5.76. The van der Waals surface area contributed by atoms with E-state index >= 15 is 0 Å². The maximum absolute atomic E-state index is 11.8. The number of amides is 1. The van der Waals surface area contributed by atoms with E-state index in [1.807, 2.05) is 0 Å². The molecule has 1 fully saturated rings. The Balaban J connectivity index is 1.40. The molecule has 0 radical (unpaired) electrons. The first-order valence-electron chi connectivity index (χ1n) is 9.29. The topological polar surface area (TPSA) is 44.4 Å². The molecule has 0 saturated heterocycles. The Hall–Kier alpha value is -1.29. The predicted octanol–water partition coefficient (Wildman–Crippen LogP) is 2.83. The van der Waals surface area contributed by atoms with Gasteiger partial charge in [0.1, 0.15) is 0 Å². The maximum Gasteiger partial charge on any atom is 0.220 e. The molecule has 130 valence electrons. The van der Waals surface area contributed by atoms with Crippen molar-refractivity contribution in [1.29, 1.82) is 0 Å². The Morgan fingerprint density at radius 2 is 1.96 bits per heavy atom. The zero-order valence-corrected chi connectivity index (χ0v) is 14.7. The quantitative estimate of drug-likeness (QED) is 0.576. The maximum atomic E-state index is 11.8. The van der Waals surface area contributed by atoms with Gasteiger partial charge in [-0.2, -0.15) is 0 Å². The fourth-order valence-electron chi connectivity index (χ4n) is 3.41. The van der Waals surface area contributed by atoms with Crippen LogP contribution in [0.3, 0.4) is 0 Å². The first-order chi connectivity index (χ1) is 11.2. The summed E-state index contributed by atoms with van der Waals surface area (Å²) in [6, 6.07) is 0. The third-order valence-electron chi connectivity index (χ3n) is 4.83. The lowest BCUT2D eigenvalue weighted by Gasteiger charge is -2.17. The molecule has 1 saturated carbocycles. The molecule has 0 aromatic carbocycles. The monoisotopic (exact) mass is 319 g/mol. The number of hydrogen-bond donors (Lipinski definition) is 2. The van der Waals surface area contributed by atoms with Gasteiger partial charge in [0.25, 0.3) is 0 Å². The molecule has 0 atom stereocenters. The molecule has 4 nitrogen and oxygen atoms in total. The summed E-state index contributed by atoms with van der Waals surface area (Å²) in [5.74, 6) is 0.901. The van der Waals surface area contributed by atoms with E-state index in [1.54, 1.807) is 0 Å². The zero-order chi connectivity index (χ0) is 16.3. The summed E-state index contributed by atoms with van der Waals surface area (Å²) in [5, 5.41) is 6.55. The number of carbonyl (C=O) groups is 1. The molecule has 2 rings (SSSR count). The average molecular weight is 319 g/mol. The fourth-order valence-corrected chi connectivity index (χ4v) is 3.41. The molecule has 2 aliphatic rings. The number of rotatable bonds is 11. The minimum Gasteiger partial charge on any atom is -0.388 e. The van der Waals surface area contributed by atoms with Crippen molar-refractivity contribution >= 4 is 5.91 Å². The summed E-state index contributed by atoms with van der Waals surface area (Å²) in [5.41, 5.74) is 1.33. The summed E-state index contributed by atoms with van der Waals surface area (Å²) in [7, 11) is 2.16. The SMILES string of the molecule is CN(CCCNC(=O)CC1CCCC1)CCCNC1=CC=CC1. The summed E-state index contributed by atoms with van der Waals surface area (Å²) in [6.07, 6.45) is 15.5. The predicted molar refractivity (Wildman–Crippen MR) is 96.2 cm³/mol. The molecule has 23 heavy (non-hydrogen) atoms. The number of nitrogens with zero attached hydrogens (tertiary/aromatic N) is 1. The Kier molecular flexibility index (Phi) is 8.23. The van der Waals surface area contributed by atoms with E-state index in [0.717, 1.165) is 51.9 Å². The highest BCUT2D eigenvalue weighted by Gasteiger charge is 2.17. The molecule has 0 bridgehead atoms. The second-order valence-electron chi connectivity index (χ2n) is 6.97. The van der Waals surface area contributed by atoms with Crippen LogP contribution < -0.4 is 10.6 Å². The molecule has 2 aliphatic carbocycles. The molecular formula is C19H33N3O. The van der Waals surface area contributed by atoms with E-state index < -0.39 is 0 Å². The van der Waals surface area contributed by atoms with Crippen molar-refractivity contribution in [3.05, 3.63) is 23.9 Å². The van der Waals surface area contributed by atoms with Crippen LogP contribution in [0.25, 0.3) is 0 Å². The van der Waals surface area contributed by atoms with Crippen LogP contribution in [0.15, 0.2) is 23.9 Å². The molecule has 0 aliphatic heterocycles. The van der Waals surface area contributed by atoms with Crippen molar-refractivity contribution in [2.24, 2.45) is 5.92 Å². The molecule has 4 heteroatoms. The van der Waals surface area contributed by atoms with Gasteiger partial charge in [-0.15, -0.1) is 0 Å². The van der Waals surface area contributed by atoms with Crippen molar-refractivity contribution in [2.75, 3.05) is 33.2 Å². The van der Waals surface area contributed by atoms with Gasteiger partial charge in [-0.3, -0.25) is 4.79 Å². The minimum absolute atomic E-state index is 0.252. The van der Waals surface area contributed by atoms with Gasteiger partial charge in [0.15, 0.2) is 0 Å². The van der Waals surface area contributed by atoms with Gasteiger partial charge >= 0.3 is 0 Å². The minimum atomic E-state index is 0.252. The van der Waals surface area contributed by atoms with Crippen LogP contribution in [-0.4, -0.2) is 44.0 Å². The van der Waals surface area contributed by atoms with Crippen LogP contribution in [0.5, 0.6) is 0 Å². The normalized spacial score (nSPS) is 17.7. The van der Waals surface area contributed by atoms with Crippen molar-refractivity contribution in [3.8, 4) is 0 Å². The van der Waals surface area contributed by atoms with Crippen LogP contribution in [0.2, 0.25) is 0 Å². The lowest BCUT2D eigenvalue weighted by molar-refractivity contribution is -0.121. The highest BCUT2D eigenvalue weighted by Crippen LogP contribution is 2.27. The molecule has 0 spiro atoms. The molecule has 0 aromatic rings. The van der Waals surface area contributed by atoms with Crippen LogP contribution >= 0.6 is 0 Å². The first-order valence-corrected chi connectivity index (χ1v) is 9.29. The number of hydrogen-bond acceptors (Lipinski definition) is 3. The van der Waals surface area contributed by atoms with E-state index in [4.69, 9.17) is 0 Å². The van der Waals surface area contributed by atoms with E-state index in [1.165, 1.54) is 31.4 Å². The highest BCUT2D eigenvalue weighted by atomic mass is 16.1. The Labute approximate surface area is 141 Å². The van der Waals surface area contributed by atoms with E-state index in [9.17, 15) is 4.79 Å². The largest absolute Gasteiger partial charge is 0.388 e. The van der Waals surface area contributed by atoms with Gasteiger partial charge in [0, 0.05) is 31.6 Å². The van der Waals surface area contributed by atoms with Crippen LogP contribution in [0.1, 0.15) is 51.4 Å². The summed E-state index contributed by atoms with van der Waals surface area (Å²) in [6.45, 7) is 4.00. The second kappa shape index (κ2) is 10.5. The number of allylic oxidation sites excluding steroid dienone is 3. The van der Waals surface area contributed by atoms with E-state index in [-0.39, 0.29) is 5.91 Å². The molecule has 0 aromatic heterocycles. The van der Waals surface area contributed by atoms with Crippen molar-refractivity contribution in [3.63, 3.8) is 0 Å². The van der Waals surface area contributed by atoms with Crippen molar-refractivity contribution in [1.82, 2.24) is 15.5 Å². The lowest BCUT2D eigenvalue weighted by Crippen LogP contribution is -2.30. The van der Waals surface area contributed by atoms with Crippen LogP contribution in [0, 0.1) is 5.92 Å². The lowest BCUT2D eigenvalue weighted by atomic mass is 10.0. The van der Waals surface area contributed by atoms with Crippen LogP contribution in [0.4, 0.5) is 0 Å². The standard InChI is InChI=1S/C19H33N3O/c1-22(14-6-12-20-18-10-4-5-11-18)15-7-13-21-19(23)16-17-8-2-3-9-17/h4-5,10,17,20H,2-3,6-9,11-16H2,1H3,(H,21,23). The van der Waals surface area contributed by atoms with Gasteiger partial charge < -0.3 is 15.5 Å². The van der Waals surface area contributed by atoms with Gasteiger partial charge in [0.2, 0.25) is 5.91 Å². The third kappa shape index (κ3) is 7.69. The van der Waals surface area contributed by atoms with Gasteiger partial charge in [0.05, 0.1) is 0 Å². The number of nitrogens with one attached hydrogen (secondary N) is 2. The van der Waals surface area contributed by atoms with Crippen molar-refractivity contribution < 1.29 is 4.79 Å². The second-order valence-corrected chi connectivity index (χ2v) is 6.97. The van der Waals surface area contributed by atoms with E-state index in [0.29, 0.717) is 5.92 Å². The summed E-state index contributed by atoms with van der Waals surface area (Å²) >= 11 is 0. The number of carbonyl (C=O) groups excluding carboxylic acids is 1. The van der Waals surface area contributed by atoms with Gasteiger partial charge in [-0.1, -0.05) is 25.0 Å². The average Bonchev–Trinajstić information content (AvgIpc) is 3.21. The first kappa shape index (κ1) is 18.1.